The zero-order chi connectivity index (χ0) is 21.4. The van der Waals surface area contributed by atoms with E-state index < -0.39 is 12.1 Å². The molecule has 1 atom stereocenters. The van der Waals surface area contributed by atoms with Gasteiger partial charge in [0.1, 0.15) is 16.6 Å². The Hall–Kier alpha value is -3.95. The number of nitriles is 1. The zero-order valence-electron chi connectivity index (χ0n) is 16.3. The summed E-state index contributed by atoms with van der Waals surface area (Å²) in [5.74, 6) is -0.781. The van der Waals surface area contributed by atoms with Crippen LogP contribution in [-0.2, 0) is 11.2 Å². The number of esters is 1. The number of carbonyl (C=O) groups is 1. The Kier molecular flexibility index (Phi) is 4.73. The molecule has 0 radical (unpaired) electrons. The van der Waals surface area contributed by atoms with Crippen LogP contribution in [-0.4, -0.2) is 22.2 Å². The molecule has 0 spiro atoms. The van der Waals surface area contributed by atoms with Crippen LogP contribution in [0.15, 0.2) is 77.9 Å². The highest BCUT2D eigenvalue weighted by molar-refractivity contribution is 7.11. The Balaban J connectivity index is 1.49. The summed E-state index contributed by atoms with van der Waals surface area (Å²) in [5.41, 5.74) is 2.93. The molecular formula is C25H16N2O3S. The van der Waals surface area contributed by atoms with Gasteiger partial charge in [-0.15, -0.1) is 11.3 Å². The Morgan fingerprint density at radius 2 is 1.87 bits per heavy atom. The predicted molar refractivity (Wildman–Crippen MR) is 120 cm³/mol. The molecule has 3 aromatic carbocycles. The van der Waals surface area contributed by atoms with Crippen molar-refractivity contribution < 1.29 is 14.6 Å². The highest BCUT2D eigenvalue weighted by Crippen LogP contribution is 2.32. The lowest BCUT2D eigenvalue weighted by atomic mass is 9.96. The minimum atomic E-state index is -0.912. The van der Waals surface area contributed by atoms with Gasteiger partial charge in [-0.3, -0.25) is 0 Å². The standard InChI is InChI=1S/C25H16N2O3S/c26-13-20(23(28)22-12-17-7-3-4-8-19(17)25(29)30-22)24-27-21(14-31-24)18-10-9-15-5-1-2-6-16(15)11-18/h1-11,14,22,28H,12H2/b23-20-. The van der Waals surface area contributed by atoms with Gasteiger partial charge in [-0.05, 0) is 28.5 Å². The van der Waals surface area contributed by atoms with E-state index in [9.17, 15) is 15.2 Å². The third kappa shape index (κ3) is 3.45. The third-order valence-electron chi connectivity index (χ3n) is 5.33. The van der Waals surface area contributed by atoms with Crippen molar-refractivity contribution in [1.82, 2.24) is 4.98 Å². The highest BCUT2D eigenvalue weighted by Gasteiger charge is 2.31. The third-order valence-corrected chi connectivity index (χ3v) is 6.19. The molecule has 0 aliphatic carbocycles. The molecule has 0 bridgehead atoms. The molecule has 0 fully saturated rings. The molecule has 1 aliphatic heterocycles. The minimum absolute atomic E-state index is 0.0224. The largest absolute Gasteiger partial charge is 0.507 e. The molecule has 150 valence electrons. The van der Waals surface area contributed by atoms with Gasteiger partial charge >= 0.3 is 5.97 Å². The number of aliphatic hydroxyl groups is 1. The smallest absolute Gasteiger partial charge is 0.339 e. The van der Waals surface area contributed by atoms with E-state index in [1.807, 2.05) is 66.0 Å². The molecule has 5 nitrogen and oxygen atoms in total. The van der Waals surface area contributed by atoms with E-state index in [0.29, 0.717) is 17.0 Å². The first kappa shape index (κ1) is 19.0. The van der Waals surface area contributed by atoms with Crippen LogP contribution in [0.25, 0.3) is 27.6 Å². The molecule has 2 heterocycles. The van der Waals surface area contributed by atoms with Crippen LogP contribution in [0, 0.1) is 11.3 Å². The van der Waals surface area contributed by atoms with Crippen LogP contribution < -0.4 is 0 Å². The summed E-state index contributed by atoms with van der Waals surface area (Å²) < 4.78 is 5.40. The van der Waals surface area contributed by atoms with Crippen molar-refractivity contribution in [3.05, 3.63) is 94.0 Å². The summed E-state index contributed by atoms with van der Waals surface area (Å²) in [7, 11) is 0. The van der Waals surface area contributed by atoms with Crippen LogP contribution in [0.2, 0.25) is 0 Å². The Bertz CT molecular complexity index is 1400. The molecule has 0 saturated heterocycles. The summed E-state index contributed by atoms with van der Waals surface area (Å²) in [6.45, 7) is 0. The molecule has 5 rings (SSSR count). The number of aromatic nitrogens is 1. The fourth-order valence-electron chi connectivity index (χ4n) is 3.73. The first-order chi connectivity index (χ1) is 15.1. The van der Waals surface area contributed by atoms with Crippen molar-refractivity contribution in [2.75, 3.05) is 0 Å². The maximum Gasteiger partial charge on any atom is 0.339 e. The number of rotatable bonds is 3. The van der Waals surface area contributed by atoms with E-state index in [2.05, 4.69) is 4.98 Å². The van der Waals surface area contributed by atoms with Crippen molar-refractivity contribution >= 4 is 33.7 Å². The Morgan fingerprint density at radius 3 is 2.71 bits per heavy atom. The second-order valence-corrected chi connectivity index (χ2v) is 8.09. The first-order valence-electron chi connectivity index (χ1n) is 9.71. The SMILES string of the molecule is N#C/C(=C(/O)C1Cc2ccccc2C(=O)O1)c1nc(-c2ccc3ccccc3c2)cs1. The van der Waals surface area contributed by atoms with Crippen LogP contribution >= 0.6 is 11.3 Å². The van der Waals surface area contributed by atoms with E-state index in [1.54, 1.807) is 12.1 Å². The van der Waals surface area contributed by atoms with Gasteiger partial charge in [0.05, 0.1) is 11.3 Å². The summed E-state index contributed by atoms with van der Waals surface area (Å²) in [5, 5.41) is 25.0. The van der Waals surface area contributed by atoms with Gasteiger partial charge < -0.3 is 9.84 Å². The quantitative estimate of drug-likeness (QED) is 0.265. The van der Waals surface area contributed by atoms with Gasteiger partial charge in [0.15, 0.2) is 11.9 Å². The monoisotopic (exact) mass is 424 g/mol. The van der Waals surface area contributed by atoms with Crippen molar-refractivity contribution in [1.29, 1.82) is 5.26 Å². The molecule has 4 aromatic rings. The van der Waals surface area contributed by atoms with E-state index in [0.717, 1.165) is 27.6 Å². The summed E-state index contributed by atoms with van der Waals surface area (Å²) >= 11 is 1.27. The number of hydrogen-bond donors (Lipinski definition) is 1. The number of ether oxygens (including phenoxy) is 1. The average Bonchev–Trinajstić information content (AvgIpc) is 3.29. The fraction of sp³-hybridized carbons (Fsp3) is 0.0800. The molecule has 1 aromatic heterocycles. The van der Waals surface area contributed by atoms with Gasteiger partial charge in [0.2, 0.25) is 0 Å². The molecule has 1 N–H and O–H groups in total. The number of aliphatic hydroxyl groups excluding tert-OH is 1. The van der Waals surface area contributed by atoms with E-state index in [4.69, 9.17) is 4.74 Å². The van der Waals surface area contributed by atoms with Gasteiger partial charge in [0, 0.05) is 17.4 Å². The number of hydrogen-bond acceptors (Lipinski definition) is 6. The van der Waals surface area contributed by atoms with Gasteiger partial charge in [-0.2, -0.15) is 5.26 Å². The summed E-state index contributed by atoms with van der Waals surface area (Å²) in [4.78, 5) is 16.9. The van der Waals surface area contributed by atoms with Crippen molar-refractivity contribution in [3.63, 3.8) is 0 Å². The highest BCUT2D eigenvalue weighted by atomic mass is 32.1. The van der Waals surface area contributed by atoms with Crippen molar-refractivity contribution in [3.8, 4) is 17.3 Å². The summed E-state index contributed by atoms with van der Waals surface area (Å²) in [6.07, 6.45) is -0.605. The van der Waals surface area contributed by atoms with Crippen molar-refractivity contribution in [2.45, 2.75) is 12.5 Å². The van der Waals surface area contributed by atoms with E-state index in [1.165, 1.54) is 11.3 Å². The molecule has 0 saturated carbocycles. The Labute approximate surface area is 182 Å². The topological polar surface area (TPSA) is 83.2 Å². The van der Waals surface area contributed by atoms with E-state index >= 15 is 0 Å². The number of allylic oxidation sites excluding steroid dienone is 1. The first-order valence-corrected chi connectivity index (χ1v) is 10.6. The molecule has 0 amide bonds. The van der Waals surface area contributed by atoms with E-state index in [-0.39, 0.29) is 11.3 Å². The van der Waals surface area contributed by atoms with Gasteiger partial charge in [-0.1, -0.05) is 54.6 Å². The number of benzene rings is 3. The molecule has 31 heavy (non-hydrogen) atoms. The maximum atomic E-state index is 12.3. The second kappa shape index (κ2) is 7.71. The van der Waals surface area contributed by atoms with Crippen LogP contribution in [0.4, 0.5) is 0 Å². The Morgan fingerprint density at radius 1 is 1.10 bits per heavy atom. The number of thiazole rings is 1. The molecule has 6 heteroatoms. The fourth-order valence-corrected chi connectivity index (χ4v) is 4.56. The van der Waals surface area contributed by atoms with Crippen LogP contribution in [0.5, 0.6) is 0 Å². The van der Waals surface area contributed by atoms with Crippen molar-refractivity contribution in [2.24, 2.45) is 0 Å². The normalized spacial score (nSPS) is 16.2. The average molecular weight is 424 g/mol. The van der Waals surface area contributed by atoms with Crippen LogP contribution in [0.3, 0.4) is 0 Å². The number of carbonyl (C=O) groups excluding carboxylic acids is 1. The molecule has 1 aliphatic rings. The number of fused-ring (bicyclic) bond motifs is 2. The van der Waals surface area contributed by atoms with Crippen LogP contribution in [0.1, 0.15) is 20.9 Å². The lowest BCUT2D eigenvalue weighted by Gasteiger charge is -2.24. The zero-order valence-corrected chi connectivity index (χ0v) is 17.1. The van der Waals surface area contributed by atoms with Gasteiger partial charge in [-0.25, -0.2) is 9.78 Å². The number of cyclic esters (lactones) is 1. The predicted octanol–water partition coefficient (Wildman–Crippen LogP) is 5.54. The molecular weight excluding hydrogens is 408 g/mol. The lowest BCUT2D eigenvalue weighted by Crippen LogP contribution is -2.29. The lowest BCUT2D eigenvalue weighted by molar-refractivity contribution is 0.0251. The van der Waals surface area contributed by atoms with Gasteiger partial charge in [0.25, 0.3) is 0 Å². The molecule has 1 unspecified atom stereocenters. The number of nitrogens with zero attached hydrogens (tertiary/aromatic N) is 2. The summed E-state index contributed by atoms with van der Waals surface area (Å²) in [6, 6.07) is 23.3. The second-order valence-electron chi connectivity index (χ2n) is 7.23. The maximum absolute atomic E-state index is 12.3. The minimum Gasteiger partial charge on any atom is -0.507 e.